The largest absolute Gasteiger partial charge is 0.310 e. The van der Waals surface area contributed by atoms with Gasteiger partial charge >= 0.3 is 0 Å². The quantitative estimate of drug-likeness (QED) is 0.743. The van der Waals surface area contributed by atoms with Crippen LogP contribution in [0.2, 0.25) is 0 Å². The van der Waals surface area contributed by atoms with E-state index >= 15 is 0 Å². The van der Waals surface area contributed by atoms with Gasteiger partial charge in [0, 0.05) is 6.04 Å². The van der Waals surface area contributed by atoms with Gasteiger partial charge in [-0.2, -0.15) is 0 Å². The molecule has 1 aromatic carbocycles. The highest BCUT2D eigenvalue weighted by Gasteiger charge is 2.05. The smallest absolute Gasteiger partial charge is 0.0291 e. The van der Waals surface area contributed by atoms with Crippen LogP contribution in [0.5, 0.6) is 0 Å². The highest BCUT2D eigenvalue weighted by atomic mass is 14.9. The minimum atomic E-state index is 0.455. The third-order valence-corrected chi connectivity index (χ3v) is 3.30. The number of nitrogens with one attached hydrogen (secondary N) is 1. The van der Waals surface area contributed by atoms with Crippen molar-refractivity contribution < 1.29 is 0 Å². The molecule has 0 aliphatic carbocycles. The van der Waals surface area contributed by atoms with Crippen LogP contribution in [0.4, 0.5) is 0 Å². The Morgan fingerprint density at radius 1 is 0.889 bits per heavy atom. The van der Waals surface area contributed by atoms with Crippen LogP contribution in [0.3, 0.4) is 0 Å². The van der Waals surface area contributed by atoms with Crippen LogP contribution in [0.15, 0.2) is 24.3 Å². The molecule has 1 rings (SSSR count). The summed E-state index contributed by atoms with van der Waals surface area (Å²) >= 11 is 0. The van der Waals surface area contributed by atoms with Crippen molar-refractivity contribution in [1.29, 1.82) is 0 Å². The van der Waals surface area contributed by atoms with E-state index in [-0.39, 0.29) is 0 Å². The lowest BCUT2D eigenvalue weighted by Gasteiger charge is -2.16. The topological polar surface area (TPSA) is 12.0 Å². The van der Waals surface area contributed by atoms with Crippen molar-refractivity contribution in [2.45, 2.75) is 53.5 Å². The van der Waals surface area contributed by atoms with Crippen LogP contribution in [0.25, 0.3) is 0 Å². The molecule has 0 amide bonds. The third-order valence-electron chi connectivity index (χ3n) is 3.30. The van der Waals surface area contributed by atoms with E-state index in [0.717, 1.165) is 18.4 Å². The van der Waals surface area contributed by atoms with Gasteiger partial charge in [0.2, 0.25) is 0 Å². The van der Waals surface area contributed by atoms with Crippen molar-refractivity contribution in [2.24, 2.45) is 11.8 Å². The van der Waals surface area contributed by atoms with Gasteiger partial charge in [-0.1, -0.05) is 52.0 Å². The summed E-state index contributed by atoms with van der Waals surface area (Å²) in [5, 5.41) is 3.59. The average molecular weight is 247 g/mol. The second-order valence-electron chi connectivity index (χ2n) is 6.20. The predicted octanol–water partition coefficient (Wildman–Crippen LogP) is 4.58. The summed E-state index contributed by atoms with van der Waals surface area (Å²) in [6, 6.07) is 9.54. The Balaban J connectivity index is 2.46. The van der Waals surface area contributed by atoms with E-state index in [0.29, 0.717) is 6.04 Å². The Hall–Kier alpha value is -0.820. The number of hydrogen-bond acceptors (Lipinski definition) is 1. The van der Waals surface area contributed by atoms with E-state index in [2.05, 4.69) is 64.2 Å². The van der Waals surface area contributed by atoms with Crippen LogP contribution < -0.4 is 5.32 Å². The Bertz CT molecular complexity index is 324. The molecule has 1 nitrogen and oxygen atoms in total. The maximum atomic E-state index is 3.59. The maximum absolute atomic E-state index is 3.59. The van der Waals surface area contributed by atoms with E-state index in [4.69, 9.17) is 0 Å². The molecule has 0 aliphatic rings. The van der Waals surface area contributed by atoms with Crippen molar-refractivity contribution in [3.8, 4) is 0 Å². The van der Waals surface area contributed by atoms with Crippen LogP contribution in [-0.2, 0) is 6.42 Å². The van der Waals surface area contributed by atoms with Gasteiger partial charge in [-0.3, -0.25) is 0 Å². The monoisotopic (exact) mass is 247 g/mol. The van der Waals surface area contributed by atoms with Gasteiger partial charge in [0.1, 0.15) is 0 Å². The minimum Gasteiger partial charge on any atom is -0.310 e. The second-order valence-corrected chi connectivity index (χ2v) is 6.20. The fourth-order valence-electron chi connectivity index (χ4n) is 2.12. The van der Waals surface area contributed by atoms with Crippen LogP contribution >= 0.6 is 0 Å². The first-order valence-electron chi connectivity index (χ1n) is 7.31. The fraction of sp³-hybridized carbons (Fsp3) is 0.647. The average Bonchev–Trinajstić information content (AvgIpc) is 2.28. The van der Waals surface area contributed by atoms with Gasteiger partial charge < -0.3 is 5.32 Å². The fourth-order valence-corrected chi connectivity index (χ4v) is 2.12. The summed E-state index contributed by atoms with van der Waals surface area (Å²) in [4.78, 5) is 0. The first-order valence-corrected chi connectivity index (χ1v) is 7.31. The highest BCUT2D eigenvalue weighted by molar-refractivity contribution is 5.25. The van der Waals surface area contributed by atoms with Gasteiger partial charge in [-0.05, 0) is 49.3 Å². The zero-order valence-corrected chi connectivity index (χ0v) is 12.7. The van der Waals surface area contributed by atoms with Crippen LogP contribution in [-0.4, -0.2) is 6.54 Å². The van der Waals surface area contributed by atoms with Crippen LogP contribution in [0.1, 0.15) is 58.2 Å². The number of hydrogen-bond donors (Lipinski definition) is 1. The van der Waals surface area contributed by atoms with Crippen molar-refractivity contribution >= 4 is 0 Å². The molecule has 1 heteroatoms. The SMILES string of the molecule is CC(C)CCNC(C)c1ccc(CC(C)C)cc1. The molecule has 0 bridgehead atoms. The summed E-state index contributed by atoms with van der Waals surface area (Å²) in [5.41, 5.74) is 2.84. The Morgan fingerprint density at radius 2 is 1.50 bits per heavy atom. The molecular formula is C17H29N. The van der Waals surface area contributed by atoms with Gasteiger partial charge in [0.25, 0.3) is 0 Å². The normalized spacial score (nSPS) is 13.3. The van der Waals surface area contributed by atoms with Gasteiger partial charge in [-0.15, -0.1) is 0 Å². The summed E-state index contributed by atoms with van der Waals surface area (Å²) in [6.07, 6.45) is 2.42. The molecule has 0 fully saturated rings. The molecule has 0 saturated carbocycles. The molecule has 0 aromatic heterocycles. The van der Waals surface area contributed by atoms with Crippen molar-refractivity contribution in [3.05, 3.63) is 35.4 Å². The molecule has 1 unspecified atom stereocenters. The van der Waals surface area contributed by atoms with E-state index in [1.54, 1.807) is 0 Å². The zero-order chi connectivity index (χ0) is 13.5. The lowest BCUT2D eigenvalue weighted by atomic mass is 10.00. The van der Waals surface area contributed by atoms with Gasteiger partial charge in [0.05, 0.1) is 0 Å². The summed E-state index contributed by atoms with van der Waals surface area (Å²) < 4.78 is 0. The lowest BCUT2D eigenvalue weighted by molar-refractivity contribution is 0.497. The number of benzene rings is 1. The van der Waals surface area contributed by atoms with E-state index in [1.807, 2.05) is 0 Å². The molecule has 0 heterocycles. The number of rotatable bonds is 7. The van der Waals surface area contributed by atoms with Gasteiger partial charge in [0.15, 0.2) is 0 Å². The third kappa shape index (κ3) is 5.68. The second kappa shape index (κ2) is 7.58. The molecule has 0 aliphatic heterocycles. The Morgan fingerprint density at radius 3 is 2.00 bits per heavy atom. The first kappa shape index (κ1) is 15.2. The summed E-state index contributed by atoms with van der Waals surface area (Å²) in [7, 11) is 0. The van der Waals surface area contributed by atoms with Gasteiger partial charge in [-0.25, -0.2) is 0 Å². The van der Waals surface area contributed by atoms with Crippen molar-refractivity contribution in [1.82, 2.24) is 5.32 Å². The molecule has 1 aromatic rings. The molecular weight excluding hydrogens is 218 g/mol. The molecule has 1 atom stereocenters. The molecule has 0 saturated heterocycles. The molecule has 18 heavy (non-hydrogen) atoms. The predicted molar refractivity (Wildman–Crippen MR) is 80.9 cm³/mol. The molecule has 0 spiro atoms. The minimum absolute atomic E-state index is 0.455. The Kier molecular flexibility index (Phi) is 6.42. The standard InChI is InChI=1S/C17H29N/c1-13(2)10-11-18-15(5)17-8-6-16(7-9-17)12-14(3)4/h6-9,13-15,18H,10-12H2,1-5H3. The molecule has 0 radical (unpaired) electrons. The lowest BCUT2D eigenvalue weighted by Crippen LogP contribution is -2.20. The summed E-state index contributed by atoms with van der Waals surface area (Å²) in [5.74, 6) is 1.51. The molecule has 102 valence electrons. The highest BCUT2D eigenvalue weighted by Crippen LogP contribution is 2.15. The Labute approximate surface area is 113 Å². The van der Waals surface area contributed by atoms with E-state index in [9.17, 15) is 0 Å². The molecule has 1 N–H and O–H groups in total. The maximum Gasteiger partial charge on any atom is 0.0291 e. The zero-order valence-electron chi connectivity index (χ0n) is 12.7. The summed E-state index contributed by atoms with van der Waals surface area (Å²) in [6.45, 7) is 12.4. The van der Waals surface area contributed by atoms with Crippen molar-refractivity contribution in [2.75, 3.05) is 6.54 Å². The first-order chi connectivity index (χ1) is 8.49. The van der Waals surface area contributed by atoms with E-state index in [1.165, 1.54) is 24.0 Å². The van der Waals surface area contributed by atoms with E-state index < -0.39 is 0 Å². The van der Waals surface area contributed by atoms with Crippen molar-refractivity contribution in [3.63, 3.8) is 0 Å². The van der Waals surface area contributed by atoms with Crippen LogP contribution in [0, 0.1) is 11.8 Å².